The Balaban J connectivity index is 1.51. The van der Waals surface area contributed by atoms with Gasteiger partial charge in [0.1, 0.15) is 11.5 Å². The summed E-state index contributed by atoms with van der Waals surface area (Å²) in [6, 6.07) is 15.5. The Kier molecular flexibility index (Phi) is 8.68. The summed E-state index contributed by atoms with van der Waals surface area (Å²) in [6.45, 7) is 4.15. The molecular formula is C26H34N2O4. The van der Waals surface area contributed by atoms with Crippen LogP contribution in [0.4, 0.5) is 0 Å². The number of carbonyl (C=O) groups excluding carboxylic acids is 2. The topological polar surface area (TPSA) is 67.9 Å². The Morgan fingerprint density at radius 1 is 1.03 bits per heavy atom. The number of ether oxygens (including phenoxy) is 2. The van der Waals surface area contributed by atoms with Crippen molar-refractivity contribution in [3.8, 4) is 11.5 Å². The first-order valence-electron chi connectivity index (χ1n) is 11.4. The van der Waals surface area contributed by atoms with Crippen molar-refractivity contribution in [3.05, 3.63) is 59.7 Å². The lowest BCUT2D eigenvalue weighted by atomic mass is 9.85. The molecule has 0 radical (unpaired) electrons. The third-order valence-electron chi connectivity index (χ3n) is 6.09. The standard InChI is InChI=1S/C26H34N2O4/c1-4-32-23-13-7-19(8-14-23)24(29)15-16-25(30)27-18-21-6-5-17-28(2)26(21)20-9-11-22(31-3)12-10-20/h7-14,21,26H,4-6,15-18H2,1-3H3,(H,27,30). The van der Waals surface area contributed by atoms with E-state index in [4.69, 9.17) is 9.47 Å². The highest BCUT2D eigenvalue weighted by Crippen LogP contribution is 2.35. The lowest BCUT2D eigenvalue weighted by molar-refractivity contribution is -0.121. The summed E-state index contributed by atoms with van der Waals surface area (Å²) in [5, 5.41) is 3.07. The average Bonchev–Trinajstić information content (AvgIpc) is 2.82. The van der Waals surface area contributed by atoms with Crippen molar-refractivity contribution in [2.24, 2.45) is 5.92 Å². The first kappa shape index (κ1) is 23.8. The number of rotatable bonds is 10. The zero-order valence-corrected chi connectivity index (χ0v) is 19.3. The number of nitrogens with one attached hydrogen (secondary N) is 1. The van der Waals surface area contributed by atoms with Crippen LogP contribution in [-0.4, -0.2) is 50.4 Å². The van der Waals surface area contributed by atoms with Gasteiger partial charge in [-0.05, 0) is 81.2 Å². The number of amides is 1. The lowest BCUT2D eigenvalue weighted by Crippen LogP contribution is -2.41. The smallest absolute Gasteiger partial charge is 0.220 e. The van der Waals surface area contributed by atoms with Gasteiger partial charge in [0.25, 0.3) is 0 Å². The first-order valence-corrected chi connectivity index (χ1v) is 11.4. The normalized spacial score (nSPS) is 18.7. The molecule has 1 amide bonds. The van der Waals surface area contributed by atoms with Gasteiger partial charge in [0.05, 0.1) is 13.7 Å². The summed E-state index contributed by atoms with van der Waals surface area (Å²) in [4.78, 5) is 27.2. The number of methoxy groups -OCH3 is 1. The molecule has 32 heavy (non-hydrogen) atoms. The predicted octanol–water partition coefficient (Wildman–Crippen LogP) is 4.26. The molecule has 0 saturated carbocycles. The van der Waals surface area contributed by atoms with Crippen LogP contribution in [0.25, 0.3) is 0 Å². The van der Waals surface area contributed by atoms with Crippen molar-refractivity contribution < 1.29 is 19.1 Å². The molecule has 0 spiro atoms. The Morgan fingerprint density at radius 3 is 2.38 bits per heavy atom. The number of piperidine rings is 1. The second-order valence-electron chi connectivity index (χ2n) is 8.29. The fourth-order valence-electron chi connectivity index (χ4n) is 4.41. The van der Waals surface area contributed by atoms with E-state index >= 15 is 0 Å². The van der Waals surface area contributed by atoms with Crippen LogP contribution in [0, 0.1) is 5.92 Å². The van der Waals surface area contributed by atoms with E-state index in [-0.39, 0.29) is 30.6 Å². The van der Waals surface area contributed by atoms with Gasteiger partial charge in [-0.15, -0.1) is 0 Å². The van der Waals surface area contributed by atoms with Crippen molar-refractivity contribution in [2.75, 3.05) is 33.9 Å². The minimum Gasteiger partial charge on any atom is -0.497 e. The third-order valence-corrected chi connectivity index (χ3v) is 6.09. The quantitative estimate of drug-likeness (QED) is 0.562. The van der Waals surface area contributed by atoms with Gasteiger partial charge in [0.15, 0.2) is 5.78 Å². The van der Waals surface area contributed by atoms with Crippen LogP contribution < -0.4 is 14.8 Å². The summed E-state index contributed by atoms with van der Waals surface area (Å²) < 4.78 is 10.7. The average molecular weight is 439 g/mol. The lowest BCUT2D eigenvalue weighted by Gasteiger charge is -2.39. The molecule has 2 aromatic carbocycles. The van der Waals surface area contributed by atoms with Crippen molar-refractivity contribution in [1.29, 1.82) is 0 Å². The molecule has 1 N–H and O–H groups in total. The number of nitrogens with zero attached hydrogens (tertiary/aromatic N) is 1. The van der Waals surface area contributed by atoms with E-state index < -0.39 is 0 Å². The van der Waals surface area contributed by atoms with E-state index in [1.165, 1.54) is 5.56 Å². The highest BCUT2D eigenvalue weighted by molar-refractivity contribution is 5.98. The molecule has 6 heteroatoms. The van der Waals surface area contributed by atoms with E-state index in [2.05, 4.69) is 29.4 Å². The van der Waals surface area contributed by atoms with Gasteiger partial charge in [0, 0.05) is 31.0 Å². The molecule has 1 fully saturated rings. The molecule has 1 aliphatic heterocycles. The largest absolute Gasteiger partial charge is 0.497 e. The number of Topliss-reactive ketones (excluding diaryl/α,β-unsaturated/α-hetero) is 1. The molecule has 0 bridgehead atoms. The number of hydrogen-bond acceptors (Lipinski definition) is 5. The van der Waals surface area contributed by atoms with E-state index in [0.717, 1.165) is 30.9 Å². The number of ketones is 1. The SMILES string of the molecule is CCOc1ccc(C(=O)CCC(=O)NCC2CCCN(C)C2c2ccc(OC)cc2)cc1. The monoisotopic (exact) mass is 438 g/mol. The van der Waals surface area contributed by atoms with Gasteiger partial charge >= 0.3 is 0 Å². The van der Waals surface area contributed by atoms with Gasteiger partial charge in [-0.1, -0.05) is 12.1 Å². The summed E-state index contributed by atoms with van der Waals surface area (Å²) >= 11 is 0. The molecule has 6 nitrogen and oxygen atoms in total. The number of carbonyl (C=O) groups is 2. The van der Waals surface area contributed by atoms with Crippen molar-refractivity contribution >= 4 is 11.7 Å². The summed E-state index contributed by atoms with van der Waals surface area (Å²) in [6.07, 6.45) is 2.57. The summed E-state index contributed by atoms with van der Waals surface area (Å²) in [5.41, 5.74) is 1.84. The predicted molar refractivity (Wildman–Crippen MR) is 125 cm³/mol. The van der Waals surface area contributed by atoms with Crippen molar-refractivity contribution in [1.82, 2.24) is 10.2 Å². The fourth-order valence-corrected chi connectivity index (χ4v) is 4.41. The minimum absolute atomic E-state index is 0.0308. The summed E-state index contributed by atoms with van der Waals surface area (Å²) in [5.74, 6) is 1.80. The van der Waals surface area contributed by atoms with E-state index in [1.807, 2.05) is 19.1 Å². The Labute approximate surface area is 190 Å². The van der Waals surface area contributed by atoms with Gasteiger partial charge in [-0.2, -0.15) is 0 Å². The minimum atomic E-state index is -0.0778. The zero-order chi connectivity index (χ0) is 22.9. The number of likely N-dealkylation sites (tertiary alicyclic amines) is 1. The molecule has 1 saturated heterocycles. The van der Waals surface area contributed by atoms with Crippen LogP contribution in [-0.2, 0) is 4.79 Å². The molecule has 2 aromatic rings. The molecule has 0 aliphatic carbocycles. The van der Waals surface area contributed by atoms with Gasteiger partial charge < -0.3 is 14.8 Å². The molecule has 1 aliphatic rings. The first-order chi connectivity index (χ1) is 15.5. The van der Waals surface area contributed by atoms with Crippen LogP contribution >= 0.6 is 0 Å². The van der Waals surface area contributed by atoms with Crippen molar-refractivity contribution in [3.63, 3.8) is 0 Å². The Morgan fingerprint density at radius 2 is 1.72 bits per heavy atom. The van der Waals surface area contributed by atoms with Gasteiger partial charge in [-0.25, -0.2) is 0 Å². The molecule has 2 unspecified atom stereocenters. The van der Waals surface area contributed by atoms with Crippen LogP contribution in [0.5, 0.6) is 11.5 Å². The van der Waals surface area contributed by atoms with Gasteiger partial charge in [-0.3, -0.25) is 14.5 Å². The highest BCUT2D eigenvalue weighted by atomic mass is 16.5. The Bertz CT molecular complexity index is 880. The maximum absolute atomic E-state index is 12.5. The van der Waals surface area contributed by atoms with Crippen LogP contribution in [0.15, 0.2) is 48.5 Å². The number of hydrogen-bond donors (Lipinski definition) is 1. The van der Waals surface area contributed by atoms with E-state index in [9.17, 15) is 9.59 Å². The molecular weight excluding hydrogens is 404 g/mol. The molecule has 0 aromatic heterocycles. The third kappa shape index (κ3) is 6.33. The zero-order valence-electron chi connectivity index (χ0n) is 19.3. The molecule has 2 atom stereocenters. The molecule has 172 valence electrons. The van der Waals surface area contributed by atoms with Crippen LogP contribution in [0.1, 0.15) is 54.6 Å². The maximum atomic E-state index is 12.5. The summed E-state index contributed by atoms with van der Waals surface area (Å²) in [7, 11) is 3.80. The second kappa shape index (κ2) is 11.7. The van der Waals surface area contributed by atoms with E-state index in [1.54, 1.807) is 31.4 Å². The van der Waals surface area contributed by atoms with Crippen molar-refractivity contribution in [2.45, 2.75) is 38.6 Å². The van der Waals surface area contributed by atoms with Gasteiger partial charge in [0.2, 0.25) is 5.91 Å². The second-order valence-corrected chi connectivity index (χ2v) is 8.29. The molecule has 3 rings (SSSR count). The van der Waals surface area contributed by atoms with Crippen LogP contribution in [0.2, 0.25) is 0 Å². The molecule has 1 heterocycles. The van der Waals surface area contributed by atoms with Crippen LogP contribution in [0.3, 0.4) is 0 Å². The van der Waals surface area contributed by atoms with E-state index in [0.29, 0.717) is 24.6 Å². The Hall–Kier alpha value is -2.86. The fraction of sp³-hybridized carbons (Fsp3) is 0.462. The highest BCUT2D eigenvalue weighted by Gasteiger charge is 2.30. The maximum Gasteiger partial charge on any atom is 0.220 e. The number of benzene rings is 2.